The van der Waals surface area contributed by atoms with Crippen molar-refractivity contribution in [1.29, 1.82) is 0 Å². The van der Waals surface area contributed by atoms with Crippen LogP contribution in [0.25, 0.3) is 0 Å². The van der Waals surface area contributed by atoms with Gasteiger partial charge in [-0.05, 0) is 36.7 Å². The van der Waals surface area contributed by atoms with E-state index in [2.05, 4.69) is 17.2 Å². The molecule has 1 heterocycles. The molecule has 2 aromatic rings. The van der Waals surface area contributed by atoms with Crippen molar-refractivity contribution in [2.24, 2.45) is 0 Å². The number of hydrogen-bond donors (Lipinski definition) is 1. The van der Waals surface area contributed by atoms with Crippen LogP contribution in [0.15, 0.2) is 36.7 Å². The second kappa shape index (κ2) is 7.38. The van der Waals surface area contributed by atoms with Gasteiger partial charge in [-0.25, -0.2) is 4.39 Å². The van der Waals surface area contributed by atoms with Crippen LogP contribution in [0.2, 0.25) is 5.02 Å². The number of methoxy groups -OCH3 is 1. The topological polar surface area (TPSA) is 34.2 Å². The summed E-state index contributed by atoms with van der Waals surface area (Å²) in [5.74, 6) is 0.294. The van der Waals surface area contributed by atoms with E-state index in [1.165, 1.54) is 6.07 Å². The number of rotatable bonds is 6. The molecule has 5 heteroatoms. The molecule has 0 saturated carbocycles. The summed E-state index contributed by atoms with van der Waals surface area (Å²) >= 11 is 6.20. The van der Waals surface area contributed by atoms with E-state index in [0.717, 1.165) is 18.5 Å². The minimum absolute atomic E-state index is 0.334. The fourth-order valence-electron chi connectivity index (χ4n) is 2.17. The molecule has 0 fully saturated rings. The third kappa shape index (κ3) is 3.71. The van der Waals surface area contributed by atoms with Gasteiger partial charge in [0, 0.05) is 16.8 Å². The van der Waals surface area contributed by atoms with E-state index in [9.17, 15) is 4.39 Å². The number of halogens is 2. The molecule has 1 unspecified atom stereocenters. The number of benzene rings is 1. The largest absolute Gasteiger partial charge is 0.495 e. The standard InChI is InChI=1S/C16H18ClFN2O/c1-3-7-20-16(11-8-12(21-2)10-19-9-11)15-13(17)5-4-6-14(15)18/h4-6,8-10,16,20H,3,7H2,1-2H3. The molecule has 1 aromatic carbocycles. The van der Waals surface area contributed by atoms with E-state index < -0.39 is 0 Å². The van der Waals surface area contributed by atoms with E-state index in [1.807, 2.05) is 6.07 Å². The van der Waals surface area contributed by atoms with Crippen LogP contribution < -0.4 is 10.1 Å². The van der Waals surface area contributed by atoms with Crippen LogP contribution in [0, 0.1) is 5.82 Å². The molecule has 0 aliphatic rings. The zero-order valence-electron chi connectivity index (χ0n) is 12.1. The second-order valence-corrected chi connectivity index (χ2v) is 5.09. The van der Waals surface area contributed by atoms with Gasteiger partial charge in [-0.2, -0.15) is 0 Å². The zero-order valence-corrected chi connectivity index (χ0v) is 12.8. The fourth-order valence-corrected chi connectivity index (χ4v) is 2.44. The number of aromatic nitrogens is 1. The Balaban J connectivity index is 2.47. The van der Waals surface area contributed by atoms with Crippen molar-refractivity contribution in [2.45, 2.75) is 19.4 Å². The predicted octanol–water partition coefficient (Wildman–Crippen LogP) is 3.97. The van der Waals surface area contributed by atoms with Crippen LogP contribution in [-0.2, 0) is 0 Å². The first kappa shape index (κ1) is 15.7. The summed E-state index contributed by atoms with van der Waals surface area (Å²) in [5, 5.41) is 3.71. The number of nitrogens with zero attached hydrogens (tertiary/aromatic N) is 1. The van der Waals surface area contributed by atoms with Gasteiger partial charge in [0.25, 0.3) is 0 Å². The number of ether oxygens (including phenoxy) is 1. The molecular formula is C16H18ClFN2O. The Hall–Kier alpha value is -1.65. The quantitative estimate of drug-likeness (QED) is 0.876. The predicted molar refractivity (Wildman–Crippen MR) is 82.3 cm³/mol. The molecular weight excluding hydrogens is 291 g/mol. The molecule has 21 heavy (non-hydrogen) atoms. The first-order chi connectivity index (χ1) is 10.2. The van der Waals surface area contributed by atoms with Gasteiger partial charge < -0.3 is 10.1 Å². The van der Waals surface area contributed by atoms with E-state index >= 15 is 0 Å². The summed E-state index contributed by atoms with van der Waals surface area (Å²) in [6, 6.07) is 6.18. The van der Waals surface area contributed by atoms with Crippen molar-refractivity contribution in [1.82, 2.24) is 10.3 Å². The van der Waals surface area contributed by atoms with Crippen LogP contribution >= 0.6 is 11.6 Å². The van der Waals surface area contributed by atoms with Crippen molar-refractivity contribution >= 4 is 11.6 Å². The van der Waals surface area contributed by atoms with Gasteiger partial charge in [0.05, 0.1) is 19.3 Å². The molecule has 0 radical (unpaired) electrons. The van der Waals surface area contributed by atoms with Crippen LogP contribution in [0.4, 0.5) is 4.39 Å². The van der Waals surface area contributed by atoms with Crippen molar-refractivity contribution in [3.8, 4) is 5.75 Å². The lowest BCUT2D eigenvalue weighted by Gasteiger charge is -2.21. The zero-order chi connectivity index (χ0) is 15.2. The molecule has 112 valence electrons. The lowest BCUT2D eigenvalue weighted by atomic mass is 9.99. The maximum absolute atomic E-state index is 14.2. The summed E-state index contributed by atoms with van der Waals surface area (Å²) in [4.78, 5) is 4.14. The Kier molecular flexibility index (Phi) is 5.53. The average Bonchev–Trinajstić information content (AvgIpc) is 2.50. The monoisotopic (exact) mass is 308 g/mol. The SMILES string of the molecule is CCCNC(c1cncc(OC)c1)c1c(F)cccc1Cl. The Bertz CT molecular complexity index is 586. The van der Waals surface area contributed by atoms with E-state index in [4.69, 9.17) is 16.3 Å². The van der Waals surface area contributed by atoms with Gasteiger partial charge >= 0.3 is 0 Å². The number of hydrogen-bond acceptors (Lipinski definition) is 3. The number of nitrogens with one attached hydrogen (secondary N) is 1. The lowest BCUT2D eigenvalue weighted by Crippen LogP contribution is -2.24. The Morgan fingerprint density at radius 2 is 2.19 bits per heavy atom. The molecule has 2 rings (SSSR count). The molecule has 0 spiro atoms. The first-order valence-corrected chi connectivity index (χ1v) is 7.21. The van der Waals surface area contributed by atoms with Gasteiger partial charge in [-0.15, -0.1) is 0 Å². The van der Waals surface area contributed by atoms with Gasteiger partial charge in [-0.3, -0.25) is 4.98 Å². The van der Waals surface area contributed by atoms with Crippen LogP contribution in [0.3, 0.4) is 0 Å². The third-order valence-electron chi connectivity index (χ3n) is 3.19. The minimum Gasteiger partial charge on any atom is -0.495 e. The van der Waals surface area contributed by atoms with Crippen molar-refractivity contribution in [2.75, 3.05) is 13.7 Å². The third-order valence-corrected chi connectivity index (χ3v) is 3.52. The highest BCUT2D eigenvalue weighted by Crippen LogP contribution is 2.31. The highest BCUT2D eigenvalue weighted by Gasteiger charge is 2.21. The summed E-state index contributed by atoms with van der Waals surface area (Å²) in [6.45, 7) is 2.80. The van der Waals surface area contributed by atoms with Gasteiger partial charge in [0.15, 0.2) is 0 Å². The van der Waals surface area contributed by atoms with Gasteiger partial charge in [-0.1, -0.05) is 24.6 Å². The minimum atomic E-state index is -0.360. The Morgan fingerprint density at radius 1 is 1.38 bits per heavy atom. The summed E-state index contributed by atoms with van der Waals surface area (Å²) < 4.78 is 19.4. The normalized spacial score (nSPS) is 12.2. The molecule has 0 bridgehead atoms. The number of pyridine rings is 1. The highest BCUT2D eigenvalue weighted by atomic mass is 35.5. The Morgan fingerprint density at radius 3 is 2.86 bits per heavy atom. The van der Waals surface area contributed by atoms with Crippen LogP contribution in [-0.4, -0.2) is 18.6 Å². The van der Waals surface area contributed by atoms with E-state index in [0.29, 0.717) is 16.3 Å². The van der Waals surface area contributed by atoms with Crippen molar-refractivity contribution < 1.29 is 9.13 Å². The molecule has 1 aromatic heterocycles. The highest BCUT2D eigenvalue weighted by molar-refractivity contribution is 6.31. The van der Waals surface area contributed by atoms with Crippen LogP contribution in [0.1, 0.15) is 30.5 Å². The lowest BCUT2D eigenvalue weighted by molar-refractivity contribution is 0.411. The molecule has 0 amide bonds. The second-order valence-electron chi connectivity index (χ2n) is 4.68. The molecule has 1 N–H and O–H groups in total. The van der Waals surface area contributed by atoms with E-state index in [-0.39, 0.29) is 11.9 Å². The van der Waals surface area contributed by atoms with Crippen LogP contribution in [0.5, 0.6) is 5.75 Å². The summed E-state index contributed by atoms with van der Waals surface area (Å²) in [5.41, 5.74) is 1.25. The smallest absolute Gasteiger partial charge is 0.137 e. The molecule has 0 aliphatic heterocycles. The molecule has 3 nitrogen and oxygen atoms in total. The van der Waals surface area contributed by atoms with Gasteiger partial charge in [0.2, 0.25) is 0 Å². The maximum Gasteiger partial charge on any atom is 0.137 e. The summed E-state index contributed by atoms with van der Waals surface area (Å²) in [6.07, 6.45) is 4.24. The van der Waals surface area contributed by atoms with Crippen molar-refractivity contribution in [3.05, 3.63) is 58.6 Å². The first-order valence-electron chi connectivity index (χ1n) is 6.83. The summed E-state index contributed by atoms with van der Waals surface area (Å²) in [7, 11) is 1.57. The average molecular weight is 309 g/mol. The van der Waals surface area contributed by atoms with Gasteiger partial charge in [0.1, 0.15) is 11.6 Å². The molecule has 0 saturated heterocycles. The Labute approximate surface area is 129 Å². The molecule has 1 atom stereocenters. The van der Waals surface area contributed by atoms with E-state index in [1.54, 1.807) is 31.6 Å². The fraction of sp³-hybridized carbons (Fsp3) is 0.312. The molecule has 0 aliphatic carbocycles. The van der Waals surface area contributed by atoms with Crippen molar-refractivity contribution in [3.63, 3.8) is 0 Å². The maximum atomic E-state index is 14.2.